The van der Waals surface area contributed by atoms with Crippen molar-refractivity contribution in [3.8, 4) is 0 Å². The highest BCUT2D eigenvalue weighted by atomic mass is 16.5. The van der Waals surface area contributed by atoms with E-state index in [0.717, 1.165) is 0 Å². The third kappa shape index (κ3) is 4.69. The summed E-state index contributed by atoms with van der Waals surface area (Å²) in [6.45, 7) is 2.72. The maximum atomic E-state index is 11.3. The molecule has 0 aliphatic heterocycles. The van der Waals surface area contributed by atoms with Crippen LogP contribution in [0.1, 0.15) is 6.92 Å². The van der Waals surface area contributed by atoms with Gasteiger partial charge in [-0.3, -0.25) is 0 Å². The quantitative estimate of drug-likeness (QED) is 0.623. The highest BCUT2D eigenvalue weighted by molar-refractivity contribution is 5.74. The van der Waals surface area contributed by atoms with Gasteiger partial charge < -0.3 is 20.1 Å². The Morgan fingerprint density at radius 1 is 1.69 bits per heavy atom. The highest BCUT2D eigenvalue weighted by Gasteiger charge is 2.12. The number of hydrogen-bond donors (Lipinski definition) is 2. The third-order valence-corrected chi connectivity index (χ3v) is 1.74. The van der Waals surface area contributed by atoms with Crippen LogP contribution in [0, 0.1) is 0 Å². The molecule has 0 aromatic heterocycles. The van der Waals surface area contributed by atoms with E-state index in [1.807, 2.05) is 6.92 Å². The van der Waals surface area contributed by atoms with E-state index in [2.05, 4.69) is 5.32 Å². The SMILES string of the molecule is CCN(C)C(=O)NC(CO)COC. The van der Waals surface area contributed by atoms with E-state index in [9.17, 15) is 4.79 Å². The molecule has 1 atom stereocenters. The molecule has 5 heteroatoms. The Morgan fingerprint density at radius 2 is 2.31 bits per heavy atom. The summed E-state index contributed by atoms with van der Waals surface area (Å²) in [6.07, 6.45) is 0. The molecule has 2 N–H and O–H groups in total. The molecule has 0 aliphatic carbocycles. The van der Waals surface area contributed by atoms with Crippen molar-refractivity contribution in [2.24, 2.45) is 0 Å². The van der Waals surface area contributed by atoms with Crippen LogP contribution in [-0.4, -0.2) is 56.0 Å². The second-order valence-corrected chi connectivity index (χ2v) is 2.80. The monoisotopic (exact) mass is 190 g/mol. The summed E-state index contributed by atoms with van der Waals surface area (Å²) < 4.78 is 4.82. The Balaban J connectivity index is 3.85. The molecule has 0 rings (SSSR count). The molecule has 0 aromatic carbocycles. The Labute approximate surface area is 78.7 Å². The Hall–Kier alpha value is -0.810. The zero-order chi connectivity index (χ0) is 10.3. The molecule has 78 valence electrons. The first-order chi connectivity index (χ1) is 6.15. The van der Waals surface area contributed by atoms with Gasteiger partial charge in [-0.15, -0.1) is 0 Å². The first kappa shape index (κ1) is 12.2. The van der Waals surface area contributed by atoms with Gasteiger partial charge in [0.15, 0.2) is 0 Å². The summed E-state index contributed by atoms with van der Waals surface area (Å²) in [6, 6.07) is -0.523. The summed E-state index contributed by atoms with van der Waals surface area (Å²) in [7, 11) is 3.22. The van der Waals surface area contributed by atoms with Gasteiger partial charge >= 0.3 is 6.03 Å². The molecule has 0 spiro atoms. The third-order valence-electron chi connectivity index (χ3n) is 1.74. The molecule has 0 heterocycles. The fraction of sp³-hybridized carbons (Fsp3) is 0.875. The van der Waals surface area contributed by atoms with Gasteiger partial charge in [-0.05, 0) is 6.92 Å². The second-order valence-electron chi connectivity index (χ2n) is 2.80. The van der Waals surface area contributed by atoms with E-state index in [1.165, 1.54) is 12.0 Å². The minimum absolute atomic E-state index is 0.114. The van der Waals surface area contributed by atoms with Crippen LogP contribution in [0.2, 0.25) is 0 Å². The van der Waals surface area contributed by atoms with E-state index in [0.29, 0.717) is 13.2 Å². The zero-order valence-electron chi connectivity index (χ0n) is 8.41. The van der Waals surface area contributed by atoms with Crippen molar-refractivity contribution in [2.45, 2.75) is 13.0 Å². The predicted octanol–water partition coefficient (Wildman–Crippen LogP) is -0.345. The molecule has 1 unspecified atom stereocenters. The molecule has 5 nitrogen and oxygen atoms in total. The minimum atomic E-state index is -0.327. The van der Waals surface area contributed by atoms with Gasteiger partial charge in [0.2, 0.25) is 0 Å². The largest absolute Gasteiger partial charge is 0.394 e. The van der Waals surface area contributed by atoms with Crippen LogP contribution < -0.4 is 5.32 Å². The molecule has 0 fully saturated rings. The Kier molecular flexibility index (Phi) is 6.26. The summed E-state index contributed by atoms with van der Waals surface area (Å²) in [5.41, 5.74) is 0. The van der Waals surface area contributed by atoms with Gasteiger partial charge in [-0.2, -0.15) is 0 Å². The van der Waals surface area contributed by atoms with Crippen LogP contribution >= 0.6 is 0 Å². The van der Waals surface area contributed by atoms with Gasteiger partial charge in [-0.25, -0.2) is 4.79 Å². The molecular weight excluding hydrogens is 172 g/mol. The van der Waals surface area contributed by atoms with Crippen LogP contribution in [0.25, 0.3) is 0 Å². The average molecular weight is 190 g/mol. The van der Waals surface area contributed by atoms with Crippen LogP contribution in [0.3, 0.4) is 0 Å². The number of methoxy groups -OCH3 is 1. The molecular formula is C8H18N2O3. The lowest BCUT2D eigenvalue weighted by Crippen LogP contribution is -2.46. The number of nitrogens with zero attached hydrogens (tertiary/aromatic N) is 1. The summed E-state index contributed by atoms with van der Waals surface area (Å²) in [4.78, 5) is 12.8. The van der Waals surface area contributed by atoms with Crippen molar-refractivity contribution in [1.29, 1.82) is 0 Å². The number of rotatable bonds is 5. The lowest BCUT2D eigenvalue weighted by Gasteiger charge is -2.20. The summed E-state index contributed by atoms with van der Waals surface area (Å²) >= 11 is 0. The number of amides is 2. The lowest BCUT2D eigenvalue weighted by atomic mass is 10.3. The zero-order valence-corrected chi connectivity index (χ0v) is 8.41. The summed E-state index contributed by atoms with van der Waals surface area (Å²) in [5.74, 6) is 0. The molecule has 0 aliphatic rings. The normalized spacial score (nSPS) is 12.3. The van der Waals surface area contributed by atoms with Crippen LogP contribution in [0.4, 0.5) is 4.79 Å². The molecule has 0 radical (unpaired) electrons. The molecule has 0 saturated heterocycles. The minimum Gasteiger partial charge on any atom is -0.394 e. The molecule has 0 bridgehead atoms. The first-order valence-corrected chi connectivity index (χ1v) is 4.27. The van der Waals surface area contributed by atoms with E-state index in [-0.39, 0.29) is 18.7 Å². The molecule has 0 saturated carbocycles. The summed E-state index contributed by atoms with van der Waals surface area (Å²) in [5, 5.41) is 11.5. The van der Waals surface area contributed by atoms with Crippen LogP contribution in [0.5, 0.6) is 0 Å². The molecule has 13 heavy (non-hydrogen) atoms. The lowest BCUT2D eigenvalue weighted by molar-refractivity contribution is 0.125. The van der Waals surface area contributed by atoms with Gasteiger partial charge in [0.05, 0.1) is 19.3 Å². The van der Waals surface area contributed by atoms with Gasteiger partial charge in [0, 0.05) is 20.7 Å². The van der Waals surface area contributed by atoms with Crippen molar-refractivity contribution >= 4 is 6.03 Å². The molecule has 0 aromatic rings. The number of aliphatic hydroxyl groups is 1. The standard InChI is InChI=1S/C8H18N2O3/c1-4-10(2)8(12)9-7(5-11)6-13-3/h7,11H,4-6H2,1-3H3,(H,9,12). The topological polar surface area (TPSA) is 61.8 Å². The van der Waals surface area contributed by atoms with Crippen LogP contribution in [-0.2, 0) is 4.74 Å². The molecule has 2 amide bonds. The van der Waals surface area contributed by atoms with E-state index in [4.69, 9.17) is 9.84 Å². The number of hydrogen-bond acceptors (Lipinski definition) is 3. The van der Waals surface area contributed by atoms with Gasteiger partial charge in [0.25, 0.3) is 0 Å². The van der Waals surface area contributed by atoms with Crippen molar-refractivity contribution < 1.29 is 14.6 Å². The number of carbonyl (C=O) groups is 1. The van der Waals surface area contributed by atoms with Crippen molar-refractivity contribution in [3.05, 3.63) is 0 Å². The van der Waals surface area contributed by atoms with E-state index in [1.54, 1.807) is 7.05 Å². The Morgan fingerprint density at radius 3 is 2.69 bits per heavy atom. The first-order valence-electron chi connectivity index (χ1n) is 4.27. The number of aliphatic hydroxyl groups excluding tert-OH is 1. The van der Waals surface area contributed by atoms with Crippen molar-refractivity contribution in [1.82, 2.24) is 10.2 Å². The Bertz CT molecular complexity index is 152. The fourth-order valence-corrected chi connectivity index (χ4v) is 0.770. The van der Waals surface area contributed by atoms with Crippen molar-refractivity contribution in [2.75, 3.05) is 33.9 Å². The maximum absolute atomic E-state index is 11.3. The number of carbonyl (C=O) groups excluding carboxylic acids is 1. The predicted molar refractivity (Wildman–Crippen MR) is 49.6 cm³/mol. The van der Waals surface area contributed by atoms with Gasteiger partial charge in [0.1, 0.15) is 0 Å². The second kappa shape index (κ2) is 6.68. The highest BCUT2D eigenvalue weighted by Crippen LogP contribution is 1.88. The number of nitrogens with one attached hydrogen (secondary N) is 1. The average Bonchev–Trinajstić information content (AvgIpc) is 2.15. The van der Waals surface area contributed by atoms with E-state index >= 15 is 0 Å². The van der Waals surface area contributed by atoms with Gasteiger partial charge in [-0.1, -0.05) is 0 Å². The smallest absolute Gasteiger partial charge is 0.317 e. The van der Waals surface area contributed by atoms with Crippen LogP contribution in [0.15, 0.2) is 0 Å². The van der Waals surface area contributed by atoms with E-state index < -0.39 is 0 Å². The number of urea groups is 1. The van der Waals surface area contributed by atoms with Crippen molar-refractivity contribution in [3.63, 3.8) is 0 Å². The maximum Gasteiger partial charge on any atom is 0.317 e. The number of ether oxygens (including phenoxy) is 1. The fourth-order valence-electron chi connectivity index (χ4n) is 0.770.